The first-order valence-electron chi connectivity index (χ1n) is 9.92. The van der Waals surface area contributed by atoms with Crippen LogP contribution >= 0.6 is 0 Å². The lowest BCUT2D eigenvalue weighted by molar-refractivity contribution is -0.123. The number of nitrogens with zero attached hydrogens (tertiary/aromatic N) is 2. The van der Waals surface area contributed by atoms with Crippen LogP contribution in [0.5, 0.6) is 0 Å². The van der Waals surface area contributed by atoms with Crippen molar-refractivity contribution in [2.75, 3.05) is 32.7 Å². The van der Waals surface area contributed by atoms with E-state index in [0.717, 1.165) is 38.2 Å². The third-order valence-electron chi connectivity index (χ3n) is 6.54. The summed E-state index contributed by atoms with van der Waals surface area (Å²) in [5.74, 6) is 1.86. The summed E-state index contributed by atoms with van der Waals surface area (Å²) in [7, 11) is 0. The third-order valence-corrected chi connectivity index (χ3v) is 6.54. The maximum atomic E-state index is 12.6. The van der Waals surface area contributed by atoms with Gasteiger partial charge < -0.3 is 19.5 Å². The Morgan fingerprint density at radius 3 is 2.73 bits per heavy atom. The molecule has 0 aliphatic carbocycles. The molecule has 1 N–H and O–H groups in total. The molecule has 1 spiro atoms. The van der Waals surface area contributed by atoms with Crippen molar-refractivity contribution in [3.05, 3.63) is 23.7 Å². The summed E-state index contributed by atoms with van der Waals surface area (Å²) in [6.07, 6.45) is 4.06. The first kappa shape index (κ1) is 17.6. The Bertz CT molecular complexity index is 690. The van der Waals surface area contributed by atoms with Gasteiger partial charge in [-0.3, -0.25) is 9.59 Å². The van der Waals surface area contributed by atoms with Gasteiger partial charge in [-0.1, -0.05) is 13.3 Å². The molecule has 2 atom stereocenters. The van der Waals surface area contributed by atoms with Crippen LogP contribution < -0.4 is 5.32 Å². The Labute approximate surface area is 154 Å². The van der Waals surface area contributed by atoms with Crippen LogP contribution in [0.15, 0.2) is 16.5 Å². The first-order valence-corrected chi connectivity index (χ1v) is 9.92. The zero-order chi connectivity index (χ0) is 18.3. The molecule has 26 heavy (non-hydrogen) atoms. The van der Waals surface area contributed by atoms with E-state index in [9.17, 15) is 9.59 Å². The molecule has 3 fully saturated rings. The third kappa shape index (κ3) is 2.94. The lowest BCUT2D eigenvalue weighted by atomic mass is 9.75. The minimum Gasteiger partial charge on any atom is -0.456 e. The molecule has 4 heterocycles. The molecule has 0 saturated carbocycles. The van der Waals surface area contributed by atoms with Crippen LogP contribution in [-0.2, 0) is 4.79 Å². The van der Waals surface area contributed by atoms with Gasteiger partial charge in [0, 0.05) is 37.6 Å². The van der Waals surface area contributed by atoms with E-state index >= 15 is 0 Å². The van der Waals surface area contributed by atoms with E-state index in [0.29, 0.717) is 24.8 Å². The van der Waals surface area contributed by atoms with Crippen molar-refractivity contribution >= 4 is 11.8 Å². The average molecular weight is 359 g/mol. The molecule has 142 valence electrons. The number of rotatable bonds is 4. The second kappa shape index (κ2) is 6.72. The number of fused-ring (bicyclic) bond motifs is 2. The van der Waals surface area contributed by atoms with Crippen molar-refractivity contribution < 1.29 is 14.0 Å². The fourth-order valence-corrected chi connectivity index (χ4v) is 5.02. The van der Waals surface area contributed by atoms with Gasteiger partial charge in [-0.15, -0.1) is 0 Å². The van der Waals surface area contributed by atoms with Crippen LogP contribution in [0.4, 0.5) is 0 Å². The van der Waals surface area contributed by atoms with Gasteiger partial charge in [0.25, 0.3) is 5.91 Å². The van der Waals surface area contributed by atoms with Crippen LogP contribution in [0.2, 0.25) is 0 Å². The molecule has 0 bridgehead atoms. The Morgan fingerprint density at radius 1 is 1.31 bits per heavy atom. The molecule has 6 nitrogen and oxygen atoms in total. The van der Waals surface area contributed by atoms with Gasteiger partial charge in [-0.05, 0) is 44.9 Å². The highest BCUT2D eigenvalue weighted by Crippen LogP contribution is 2.44. The summed E-state index contributed by atoms with van der Waals surface area (Å²) in [5.41, 5.74) is -0.126. The van der Waals surface area contributed by atoms with Gasteiger partial charge >= 0.3 is 0 Å². The highest BCUT2D eigenvalue weighted by molar-refractivity contribution is 5.91. The molecule has 1 aromatic rings. The van der Waals surface area contributed by atoms with Gasteiger partial charge in [-0.2, -0.15) is 0 Å². The summed E-state index contributed by atoms with van der Waals surface area (Å²) < 4.78 is 5.49. The van der Waals surface area contributed by atoms with Crippen LogP contribution in [0.3, 0.4) is 0 Å². The maximum absolute atomic E-state index is 12.6. The number of aryl methyl sites for hydroxylation is 1. The number of carbonyl (C=O) groups excluding carboxylic acids is 2. The second-order valence-electron chi connectivity index (χ2n) is 8.17. The van der Waals surface area contributed by atoms with Gasteiger partial charge in [0.15, 0.2) is 5.76 Å². The van der Waals surface area contributed by atoms with E-state index in [-0.39, 0.29) is 23.3 Å². The SMILES string of the molecule is CCCCN1C[C@H]2C(=O)NC3(CCN(C(=O)c4ccc(C)o4)CC3)[C@H]2C1. The summed E-state index contributed by atoms with van der Waals surface area (Å²) in [5, 5.41) is 3.32. The predicted molar refractivity (Wildman–Crippen MR) is 97.8 cm³/mol. The van der Waals surface area contributed by atoms with Gasteiger partial charge in [0.1, 0.15) is 5.76 Å². The Kier molecular flexibility index (Phi) is 4.55. The number of furan rings is 1. The van der Waals surface area contributed by atoms with E-state index in [2.05, 4.69) is 17.1 Å². The van der Waals surface area contributed by atoms with Gasteiger partial charge in [0.2, 0.25) is 5.91 Å². The molecular weight excluding hydrogens is 330 g/mol. The Morgan fingerprint density at radius 2 is 2.08 bits per heavy atom. The molecule has 0 radical (unpaired) electrons. The first-order chi connectivity index (χ1) is 12.5. The summed E-state index contributed by atoms with van der Waals surface area (Å²) in [6.45, 7) is 8.41. The predicted octanol–water partition coefficient (Wildman–Crippen LogP) is 2.04. The molecule has 3 aliphatic heterocycles. The molecule has 2 amide bonds. The minimum absolute atomic E-state index is 0.0372. The fraction of sp³-hybridized carbons (Fsp3) is 0.700. The number of carbonyl (C=O) groups is 2. The highest BCUT2D eigenvalue weighted by Gasteiger charge is 2.57. The lowest BCUT2D eigenvalue weighted by Gasteiger charge is -2.42. The number of unbranched alkanes of at least 4 members (excludes halogenated alkanes) is 1. The van der Waals surface area contributed by atoms with E-state index in [4.69, 9.17) is 4.42 Å². The van der Waals surface area contributed by atoms with Gasteiger partial charge in [0.05, 0.1) is 5.92 Å². The monoisotopic (exact) mass is 359 g/mol. The number of hydrogen-bond donors (Lipinski definition) is 1. The van der Waals surface area contributed by atoms with Crippen LogP contribution in [0, 0.1) is 18.8 Å². The standard InChI is InChI=1S/C20H29N3O3/c1-3-4-9-22-12-15-16(13-22)20(21-18(15)24)7-10-23(11-8-20)19(25)17-6-5-14(2)26-17/h5-6,15-16H,3-4,7-13H2,1-2H3,(H,21,24)/t15-,16+/m1/s1. The van der Waals surface area contributed by atoms with Crippen molar-refractivity contribution in [1.82, 2.24) is 15.1 Å². The molecule has 0 aromatic carbocycles. The Hall–Kier alpha value is -1.82. The normalized spacial score (nSPS) is 27.8. The van der Waals surface area contributed by atoms with E-state index < -0.39 is 0 Å². The molecule has 4 rings (SSSR count). The maximum Gasteiger partial charge on any atom is 0.289 e. The minimum atomic E-state index is -0.126. The number of nitrogens with one attached hydrogen (secondary N) is 1. The number of amides is 2. The Balaban J connectivity index is 1.41. The number of hydrogen-bond acceptors (Lipinski definition) is 4. The van der Waals surface area contributed by atoms with E-state index in [1.165, 1.54) is 12.8 Å². The van der Waals surface area contributed by atoms with Crippen molar-refractivity contribution in [3.63, 3.8) is 0 Å². The van der Waals surface area contributed by atoms with Gasteiger partial charge in [-0.25, -0.2) is 0 Å². The van der Waals surface area contributed by atoms with E-state index in [1.54, 1.807) is 6.07 Å². The number of piperidine rings is 1. The lowest BCUT2D eigenvalue weighted by Crippen LogP contribution is -2.56. The number of likely N-dealkylation sites (tertiary alicyclic amines) is 2. The van der Waals surface area contributed by atoms with Crippen molar-refractivity contribution in [2.24, 2.45) is 11.8 Å². The van der Waals surface area contributed by atoms with Crippen LogP contribution in [0.1, 0.15) is 48.9 Å². The molecule has 0 unspecified atom stereocenters. The quantitative estimate of drug-likeness (QED) is 0.893. The molecule has 3 saturated heterocycles. The zero-order valence-electron chi connectivity index (χ0n) is 15.8. The van der Waals surface area contributed by atoms with E-state index in [1.807, 2.05) is 17.9 Å². The van der Waals surface area contributed by atoms with Crippen LogP contribution in [0.25, 0.3) is 0 Å². The average Bonchev–Trinajstić information content (AvgIpc) is 3.31. The molecular formula is C20H29N3O3. The molecule has 6 heteroatoms. The van der Waals surface area contributed by atoms with Crippen molar-refractivity contribution in [3.8, 4) is 0 Å². The fourth-order valence-electron chi connectivity index (χ4n) is 5.02. The topological polar surface area (TPSA) is 65.8 Å². The highest BCUT2D eigenvalue weighted by atomic mass is 16.3. The largest absolute Gasteiger partial charge is 0.456 e. The molecule has 3 aliphatic rings. The summed E-state index contributed by atoms with van der Waals surface area (Å²) in [6, 6.07) is 3.57. The second-order valence-corrected chi connectivity index (χ2v) is 8.17. The smallest absolute Gasteiger partial charge is 0.289 e. The molecule has 1 aromatic heterocycles. The summed E-state index contributed by atoms with van der Waals surface area (Å²) >= 11 is 0. The van der Waals surface area contributed by atoms with Crippen molar-refractivity contribution in [2.45, 2.75) is 45.1 Å². The van der Waals surface area contributed by atoms with Crippen molar-refractivity contribution in [1.29, 1.82) is 0 Å². The zero-order valence-corrected chi connectivity index (χ0v) is 15.8. The van der Waals surface area contributed by atoms with Crippen LogP contribution in [-0.4, -0.2) is 59.9 Å². The summed E-state index contributed by atoms with van der Waals surface area (Å²) in [4.78, 5) is 29.5.